The number of hydrogen-bond donors (Lipinski definition) is 2. The Morgan fingerprint density at radius 2 is 1.89 bits per heavy atom. The van der Waals surface area contributed by atoms with Crippen molar-refractivity contribution in [2.75, 3.05) is 0 Å². The van der Waals surface area contributed by atoms with E-state index in [4.69, 9.17) is 0 Å². The Morgan fingerprint density at radius 3 is 2.47 bits per heavy atom. The van der Waals surface area contributed by atoms with Gasteiger partial charge in [-0.1, -0.05) is 25.3 Å². The van der Waals surface area contributed by atoms with Crippen LogP contribution in [0.2, 0.25) is 0 Å². The van der Waals surface area contributed by atoms with Crippen LogP contribution in [0, 0.1) is 5.82 Å². The lowest BCUT2D eigenvalue weighted by molar-refractivity contribution is -0.145. The van der Waals surface area contributed by atoms with Gasteiger partial charge in [0.15, 0.2) is 0 Å². The van der Waals surface area contributed by atoms with E-state index in [2.05, 4.69) is 5.32 Å². The molecule has 102 valence electrons. The van der Waals surface area contributed by atoms with E-state index < -0.39 is 23.2 Å². The number of amides is 1. The zero-order valence-electron chi connectivity index (χ0n) is 10.5. The zero-order valence-corrected chi connectivity index (χ0v) is 10.5. The average molecular weight is 265 g/mol. The molecule has 5 heteroatoms. The summed E-state index contributed by atoms with van der Waals surface area (Å²) in [7, 11) is 0. The minimum absolute atomic E-state index is 0.145. The van der Waals surface area contributed by atoms with Gasteiger partial charge in [0.2, 0.25) is 0 Å². The van der Waals surface area contributed by atoms with Gasteiger partial charge in [0.1, 0.15) is 11.4 Å². The topological polar surface area (TPSA) is 66.4 Å². The molecular weight excluding hydrogens is 249 g/mol. The first-order valence-electron chi connectivity index (χ1n) is 6.35. The Morgan fingerprint density at radius 1 is 1.21 bits per heavy atom. The smallest absolute Gasteiger partial charge is 0.329 e. The second-order valence-electron chi connectivity index (χ2n) is 4.91. The number of carbonyl (C=O) groups excluding carboxylic acids is 1. The van der Waals surface area contributed by atoms with E-state index in [-0.39, 0.29) is 5.56 Å². The van der Waals surface area contributed by atoms with Gasteiger partial charge in [-0.2, -0.15) is 0 Å². The maximum Gasteiger partial charge on any atom is 0.329 e. The van der Waals surface area contributed by atoms with E-state index >= 15 is 0 Å². The Labute approximate surface area is 110 Å². The second kappa shape index (κ2) is 5.38. The highest BCUT2D eigenvalue weighted by Gasteiger charge is 2.41. The lowest BCUT2D eigenvalue weighted by atomic mass is 9.81. The standard InChI is InChI=1S/C14H16FNO3/c15-11-6-4-5-10(9-11)12(17)16-14(13(18)19)7-2-1-3-8-14/h4-6,9H,1-3,7-8H2,(H,16,17)(H,18,19). The quantitative estimate of drug-likeness (QED) is 0.881. The highest BCUT2D eigenvalue weighted by molar-refractivity contribution is 5.97. The maximum absolute atomic E-state index is 13.1. The molecule has 0 unspecified atom stereocenters. The van der Waals surface area contributed by atoms with Gasteiger partial charge in [0.05, 0.1) is 0 Å². The number of carbonyl (C=O) groups is 2. The fraction of sp³-hybridized carbons (Fsp3) is 0.429. The molecule has 2 N–H and O–H groups in total. The van der Waals surface area contributed by atoms with Gasteiger partial charge in [-0.3, -0.25) is 4.79 Å². The average Bonchev–Trinajstić information content (AvgIpc) is 2.39. The van der Waals surface area contributed by atoms with E-state index in [0.717, 1.165) is 25.3 Å². The molecule has 0 saturated heterocycles. The molecule has 1 saturated carbocycles. The summed E-state index contributed by atoms with van der Waals surface area (Å²) in [5.74, 6) is -2.07. The van der Waals surface area contributed by atoms with Gasteiger partial charge in [-0.25, -0.2) is 9.18 Å². The number of carboxylic acids is 1. The molecule has 1 aliphatic rings. The molecule has 1 fully saturated rings. The Bertz CT molecular complexity index is 495. The largest absolute Gasteiger partial charge is 0.480 e. The lowest BCUT2D eigenvalue weighted by Gasteiger charge is -2.33. The number of rotatable bonds is 3. The summed E-state index contributed by atoms with van der Waals surface area (Å²) in [6.45, 7) is 0. The van der Waals surface area contributed by atoms with Crippen LogP contribution in [0.25, 0.3) is 0 Å². The molecular formula is C14H16FNO3. The van der Waals surface area contributed by atoms with Crippen molar-refractivity contribution in [2.24, 2.45) is 0 Å². The SMILES string of the molecule is O=C(NC1(C(=O)O)CCCCC1)c1cccc(F)c1. The van der Waals surface area contributed by atoms with Crippen molar-refractivity contribution in [3.05, 3.63) is 35.6 Å². The van der Waals surface area contributed by atoms with Crippen LogP contribution in [-0.2, 0) is 4.79 Å². The number of aliphatic carboxylic acids is 1. The normalized spacial score (nSPS) is 17.7. The molecule has 0 bridgehead atoms. The molecule has 19 heavy (non-hydrogen) atoms. The van der Waals surface area contributed by atoms with E-state index in [1.165, 1.54) is 18.2 Å². The van der Waals surface area contributed by atoms with Crippen LogP contribution in [0.3, 0.4) is 0 Å². The summed E-state index contributed by atoms with van der Waals surface area (Å²) in [6.07, 6.45) is 3.36. The number of halogens is 1. The molecule has 1 aliphatic carbocycles. The first-order valence-corrected chi connectivity index (χ1v) is 6.35. The number of hydrogen-bond acceptors (Lipinski definition) is 2. The number of carboxylic acid groups (broad SMARTS) is 1. The molecule has 0 aromatic heterocycles. The Balaban J connectivity index is 2.18. The second-order valence-corrected chi connectivity index (χ2v) is 4.91. The van der Waals surface area contributed by atoms with Crippen LogP contribution < -0.4 is 5.32 Å². The van der Waals surface area contributed by atoms with Gasteiger partial charge in [0, 0.05) is 5.56 Å². The van der Waals surface area contributed by atoms with Crippen LogP contribution in [-0.4, -0.2) is 22.5 Å². The van der Waals surface area contributed by atoms with E-state index in [0.29, 0.717) is 12.8 Å². The predicted molar refractivity (Wildman–Crippen MR) is 67.3 cm³/mol. The highest BCUT2D eigenvalue weighted by Crippen LogP contribution is 2.28. The van der Waals surface area contributed by atoms with Crippen molar-refractivity contribution in [1.82, 2.24) is 5.32 Å². The molecule has 0 spiro atoms. The van der Waals surface area contributed by atoms with Gasteiger partial charge in [0.25, 0.3) is 5.91 Å². The van der Waals surface area contributed by atoms with Crippen LogP contribution in [0.15, 0.2) is 24.3 Å². The van der Waals surface area contributed by atoms with Crippen LogP contribution >= 0.6 is 0 Å². The molecule has 2 rings (SSSR count). The van der Waals surface area contributed by atoms with E-state index in [9.17, 15) is 19.1 Å². The third kappa shape index (κ3) is 2.92. The van der Waals surface area contributed by atoms with Gasteiger partial charge in [-0.15, -0.1) is 0 Å². The minimum Gasteiger partial charge on any atom is -0.480 e. The summed E-state index contributed by atoms with van der Waals surface area (Å²) >= 11 is 0. The molecule has 4 nitrogen and oxygen atoms in total. The fourth-order valence-electron chi connectivity index (χ4n) is 2.47. The van der Waals surface area contributed by atoms with Crippen LogP contribution in [0.4, 0.5) is 4.39 Å². The van der Waals surface area contributed by atoms with Gasteiger partial charge >= 0.3 is 5.97 Å². The summed E-state index contributed by atoms with van der Waals surface area (Å²) in [5, 5.41) is 11.9. The van der Waals surface area contributed by atoms with Crippen molar-refractivity contribution in [3.8, 4) is 0 Å². The summed E-state index contributed by atoms with van der Waals surface area (Å²) in [6, 6.07) is 5.24. The first-order chi connectivity index (χ1) is 9.03. The summed E-state index contributed by atoms with van der Waals surface area (Å²) in [4.78, 5) is 23.5. The first kappa shape index (κ1) is 13.5. The molecule has 0 radical (unpaired) electrons. The summed E-state index contributed by atoms with van der Waals surface area (Å²) in [5.41, 5.74) is -1.06. The van der Waals surface area contributed by atoms with Crippen molar-refractivity contribution in [3.63, 3.8) is 0 Å². The third-order valence-electron chi connectivity index (χ3n) is 3.56. The van der Waals surface area contributed by atoms with Gasteiger partial charge in [-0.05, 0) is 31.0 Å². The molecule has 1 aromatic carbocycles. The van der Waals surface area contributed by atoms with E-state index in [1.807, 2.05) is 0 Å². The fourth-order valence-corrected chi connectivity index (χ4v) is 2.47. The van der Waals surface area contributed by atoms with Crippen LogP contribution in [0.1, 0.15) is 42.5 Å². The molecule has 0 aliphatic heterocycles. The zero-order chi connectivity index (χ0) is 13.9. The number of nitrogens with one attached hydrogen (secondary N) is 1. The van der Waals surface area contributed by atoms with Gasteiger partial charge < -0.3 is 10.4 Å². The predicted octanol–water partition coefficient (Wildman–Crippen LogP) is 2.34. The van der Waals surface area contributed by atoms with Crippen molar-refractivity contribution in [1.29, 1.82) is 0 Å². The van der Waals surface area contributed by atoms with Crippen LogP contribution in [0.5, 0.6) is 0 Å². The Kier molecular flexibility index (Phi) is 3.83. The lowest BCUT2D eigenvalue weighted by Crippen LogP contribution is -2.55. The summed E-state index contributed by atoms with van der Waals surface area (Å²) < 4.78 is 13.1. The van der Waals surface area contributed by atoms with Crippen molar-refractivity contribution < 1.29 is 19.1 Å². The molecule has 1 amide bonds. The molecule has 0 atom stereocenters. The third-order valence-corrected chi connectivity index (χ3v) is 3.56. The minimum atomic E-state index is -1.21. The molecule has 1 aromatic rings. The maximum atomic E-state index is 13.1. The van der Waals surface area contributed by atoms with E-state index in [1.54, 1.807) is 0 Å². The molecule has 0 heterocycles. The number of benzene rings is 1. The highest BCUT2D eigenvalue weighted by atomic mass is 19.1. The van der Waals surface area contributed by atoms with Crippen molar-refractivity contribution >= 4 is 11.9 Å². The monoisotopic (exact) mass is 265 g/mol. The van der Waals surface area contributed by atoms with Crippen molar-refractivity contribution in [2.45, 2.75) is 37.6 Å². The Hall–Kier alpha value is -1.91.